The Bertz CT molecular complexity index is 887. The summed E-state index contributed by atoms with van der Waals surface area (Å²) < 4.78 is 2.08. The van der Waals surface area contributed by atoms with E-state index in [4.69, 9.17) is 23.2 Å². The molecule has 1 aromatic carbocycles. The first kappa shape index (κ1) is 17.7. The molecule has 0 atom stereocenters. The molecule has 7 heteroatoms. The van der Waals surface area contributed by atoms with Gasteiger partial charge in [-0.2, -0.15) is 0 Å². The molecule has 1 amide bonds. The van der Waals surface area contributed by atoms with Crippen LogP contribution >= 0.6 is 23.2 Å². The number of imidazole rings is 1. The van der Waals surface area contributed by atoms with Crippen molar-refractivity contribution in [1.82, 2.24) is 14.5 Å². The molecular weight excluding hydrogens is 359 g/mol. The zero-order valence-electron chi connectivity index (χ0n) is 13.8. The number of aromatic nitrogens is 3. The predicted octanol–water partition coefficient (Wildman–Crippen LogP) is 4.72. The Kier molecular flexibility index (Phi) is 5.56. The minimum absolute atomic E-state index is 0.110. The number of carbonyl (C=O) groups is 1. The molecule has 0 saturated carbocycles. The number of rotatable bonds is 6. The average molecular weight is 377 g/mol. The Morgan fingerprint density at radius 1 is 1.24 bits per heavy atom. The van der Waals surface area contributed by atoms with Gasteiger partial charge in [-0.05, 0) is 36.8 Å². The molecule has 0 spiro atoms. The van der Waals surface area contributed by atoms with Crippen LogP contribution in [0.3, 0.4) is 0 Å². The van der Waals surface area contributed by atoms with Crippen LogP contribution in [0.2, 0.25) is 10.0 Å². The number of hydrogen-bond donors (Lipinski definition) is 1. The number of benzene rings is 1. The van der Waals surface area contributed by atoms with Crippen molar-refractivity contribution < 1.29 is 4.79 Å². The number of fused-ring (bicyclic) bond motifs is 1. The molecule has 5 nitrogen and oxygen atoms in total. The van der Waals surface area contributed by atoms with Gasteiger partial charge in [0.2, 0.25) is 5.91 Å². The van der Waals surface area contributed by atoms with Crippen LogP contribution in [0.5, 0.6) is 0 Å². The minimum atomic E-state index is -0.110. The molecule has 0 aliphatic carbocycles. The van der Waals surface area contributed by atoms with Crippen LogP contribution in [0, 0.1) is 0 Å². The standard InChI is InChI=1S/C18H18Cl2N4O/c1-2-8-24-16(23-15-4-3-7-21-18(15)24)5-6-17(25)22-14-10-12(19)9-13(20)11-14/h3-4,7,9-11H,2,5-6,8H2,1H3,(H,22,25). The number of nitrogens with one attached hydrogen (secondary N) is 1. The fourth-order valence-electron chi connectivity index (χ4n) is 2.73. The van der Waals surface area contributed by atoms with E-state index in [0.717, 1.165) is 30.0 Å². The molecule has 3 rings (SSSR count). The van der Waals surface area contributed by atoms with Gasteiger partial charge >= 0.3 is 0 Å². The van der Waals surface area contributed by atoms with Gasteiger partial charge in [0.1, 0.15) is 11.3 Å². The third-order valence-electron chi connectivity index (χ3n) is 3.75. The topological polar surface area (TPSA) is 59.8 Å². The Balaban J connectivity index is 1.71. The van der Waals surface area contributed by atoms with Crippen molar-refractivity contribution >= 4 is 46.0 Å². The third-order valence-corrected chi connectivity index (χ3v) is 4.19. The van der Waals surface area contributed by atoms with Gasteiger partial charge in [-0.25, -0.2) is 9.97 Å². The maximum atomic E-state index is 12.2. The molecule has 0 aliphatic rings. The van der Waals surface area contributed by atoms with Crippen molar-refractivity contribution in [2.45, 2.75) is 32.7 Å². The molecule has 130 valence electrons. The molecule has 0 fully saturated rings. The van der Waals surface area contributed by atoms with Crippen LogP contribution in [-0.2, 0) is 17.8 Å². The normalized spacial score (nSPS) is 11.0. The van der Waals surface area contributed by atoms with Gasteiger partial charge in [0.15, 0.2) is 5.65 Å². The summed E-state index contributed by atoms with van der Waals surface area (Å²) in [6.07, 6.45) is 3.59. The Morgan fingerprint density at radius 3 is 2.72 bits per heavy atom. The van der Waals surface area contributed by atoms with Gasteiger partial charge < -0.3 is 9.88 Å². The van der Waals surface area contributed by atoms with Gasteiger partial charge in [-0.1, -0.05) is 30.1 Å². The Hall–Kier alpha value is -2.11. The predicted molar refractivity (Wildman–Crippen MR) is 101 cm³/mol. The maximum absolute atomic E-state index is 12.2. The summed E-state index contributed by atoms with van der Waals surface area (Å²) >= 11 is 11.9. The number of hydrogen-bond acceptors (Lipinski definition) is 3. The number of amides is 1. The molecule has 25 heavy (non-hydrogen) atoms. The summed E-state index contributed by atoms with van der Waals surface area (Å²) in [5.74, 6) is 0.760. The maximum Gasteiger partial charge on any atom is 0.224 e. The molecular formula is C18H18Cl2N4O. The first-order chi connectivity index (χ1) is 12.1. The first-order valence-electron chi connectivity index (χ1n) is 8.13. The number of nitrogens with zero attached hydrogens (tertiary/aromatic N) is 3. The van der Waals surface area contributed by atoms with Crippen LogP contribution in [0.25, 0.3) is 11.2 Å². The fourth-order valence-corrected chi connectivity index (χ4v) is 3.26. The second-order valence-corrected chi connectivity index (χ2v) is 6.60. The van der Waals surface area contributed by atoms with E-state index >= 15 is 0 Å². The van der Waals surface area contributed by atoms with Crippen LogP contribution < -0.4 is 5.32 Å². The molecule has 0 bridgehead atoms. The molecule has 3 aromatic rings. The molecule has 2 heterocycles. The summed E-state index contributed by atoms with van der Waals surface area (Å²) in [5, 5.41) is 3.79. The summed E-state index contributed by atoms with van der Waals surface area (Å²) in [5.41, 5.74) is 2.31. The van der Waals surface area contributed by atoms with E-state index in [9.17, 15) is 4.79 Å². The van der Waals surface area contributed by atoms with Crippen LogP contribution in [0.1, 0.15) is 25.6 Å². The lowest BCUT2D eigenvalue weighted by atomic mass is 10.2. The van der Waals surface area contributed by atoms with E-state index in [0.29, 0.717) is 28.6 Å². The molecule has 0 unspecified atom stereocenters. The van der Waals surface area contributed by atoms with Gasteiger partial charge in [-0.15, -0.1) is 0 Å². The minimum Gasteiger partial charge on any atom is -0.326 e. The monoisotopic (exact) mass is 376 g/mol. The van der Waals surface area contributed by atoms with Crippen LogP contribution in [0.4, 0.5) is 5.69 Å². The number of halogens is 2. The summed E-state index contributed by atoms with van der Waals surface area (Å²) in [6, 6.07) is 8.76. The summed E-state index contributed by atoms with van der Waals surface area (Å²) in [7, 11) is 0. The molecule has 1 N–H and O–H groups in total. The number of aryl methyl sites for hydroxylation is 2. The second kappa shape index (κ2) is 7.85. The van der Waals surface area contributed by atoms with Gasteiger partial charge in [0.05, 0.1) is 0 Å². The third kappa shape index (κ3) is 4.30. The molecule has 0 radical (unpaired) electrons. The highest BCUT2D eigenvalue weighted by Crippen LogP contribution is 2.23. The highest BCUT2D eigenvalue weighted by Gasteiger charge is 2.13. The highest BCUT2D eigenvalue weighted by molar-refractivity contribution is 6.35. The molecule has 0 saturated heterocycles. The smallest absolute Gasteiger partial charge is 0.224 e. The van der Waals surface area contributed by atoms with Crippen LogP contribution in [-0.4, -0.2) is 20.4 Å². The Labute approximate surface area is 156 Å². The van der Waals surface area contributed by atoms with Gasteiger partial charge in [-0.3, -0.25) is 4.79 Å². The number of pyridine rings is 1. The SMILES string of the molecule is CCCn1c(CCC(=O)Nc2cc(Cl)cc(Cl)c2)nc2cccnc21. The molecule has 2 aromatic heterocycles. The van der Waals surface area contributed by atoms with Crippen molar-refractivity contribution in [1.29, 1.82) is 0 Å². The van der Waals surface area contributed by atoms with Crippen molar-refractivity contribution in [3.63, 3.8) is 0 Å². The van der Waals surface area contributed by atoms with Crippen molar-refractivity contribution in [3.05, 3.63) is 52.4 Å². The lowest BCUT2D eigenvalue weighted by molar-refractivity contribution is -0.116. The van der Waals surface area contributed by atoms with Crippen molar-refractivity contribution in [2.24, 2.45) is 0 Å². The second-order valence-electron chi connectivity index (χ2n) is 5.73. The van der Waals surface area contributed by atoms with E-state index in [-0.39, 0.29) is 5.91 Å². The zero-order chi connectivity index (χ0) is 17.8. The molecule has 0 aliphatic heterocycles. The first-order valence-corrected chi connectivity index (χ1v) is 8.88. The van der Waals surface area contributed by atoms with E-state index in [1.165, 1.54) is 0 Å². The number of carbonyl (C=O) groups excluding carboxylic acids is 1. The zero-order valence-corrected chi connectivity index (χ0v) is 15.3. The number of anilines is 1. The quantitative estimate of drug-likeness (QED) is 0.676. The Morgan fingerprint density at radius 2 is 2.00 bits per heavy atom. The average Bonchev–Trinajstić information content (AvgIpc) is 2.90. The van der Waals surface area contributed by atoms with Gasteiger partial charge in [0, 0.05) is 41.3 Å². The summed E-state index contributed by atoms with van der Waals surface area (Å²) in [6.45, 7) is 2.93. The van der Waals surface area contributed by atoms with E-state index in [1.54, 1.807) is 24.4 Å². The van der Waals surface area contributed by atoms with Crippen LogP contribution in [0.15, 0.2) is 36.5 Å². The van der Waals surface area contributed by atoms with Crippen molar-refractivity contribution in [2.75, 3.05) is 5.32 Å². The van der Waals surface area contributed by atoms with E-state index in [1.807, 2.05) is 12.1 Å². The fraction of sp³-hybridized carbons (Fsp3) is 0.278. The van der Waals surface area contributed by atoms with Crippen molar-refractivity contribution in [3.8, 4) is 0 Å². The van der Waals surface area contributed by atoms with Gasteiger partial charge in [0.25, 0.3) is 0 Å². The largest absolute Gasteiger partial charge is 0.326 e. The van der Waals surface area contributed by atoms with E-state index < -0.39 is 0 Å². The van der Waals surface area contributed by atoms with E-state index in [2.05, 4.69) is 26.8 Å². The lowest BCUT2D eigenvalue weighted by Crippen LogP contribution is -2.14. The summed E-state index contributed by atoms with van der Waals surface area (Å²) in [4.78, 5) is 21.3. The highest BCUT2D eigenvalue weighted by atomic mass is 35.5. The lowest BCUT2D eigenvalue weighted by Gasteiger charge is -2.08.